The molecule has 0 heterocycles. The molecule has 1 atom stereocenters. The van der Waals surface area contributed by atoms with Crippen LogP contribution in [0.2, 0.25) is 0 Å². The maximum atomic E-state index is 11.5. The molecule has 2 rings (SSSR count). The van der Waals surface area contributed by atoms with E-state index in [-0.39, 0.29) is 12.7 Å². The number of benzene rings is 1. The summed E-state index contributed by atoms with van der Waals surface area (Å²) in [5, 5.41) is 37.7. The van der Waals surface area contributed by atoms with Gasteiger partial charge in [-0.1, -0.05) is 0 Å². The van der Waals surface area contributed by atoms with E-state index in [0.29, 0.717) is 29.6 Å². The zero-order valence-corrected chi connectivity index (χ0v) is 17.4. The van der Waals surface area contributed by atoms with Crippen molar-refractivity contribution in [2.45, 2.75) is 43.9 Å². The van der Waals surface area contributed by atoms with E-state index in [1.165, 1.54) is 14.2 Å². The predicted molar refractivity (Wildman–Crippen MR) is 107 cm³/mol. The molecule has 1 unspecified atom stereocenters. The molecule has 0 amide bonds. The molecule has 0 radical (unpaired) electrons. The Labute approximate surface area is 179 Å². The summed E-state index contributed by atoms with van der Waals surface area (Å²) >= 11 is 0. The minimum absolute atomic E-state index is 0.107. The highest BCUT2D eigenvalue weighted by Gasteiger charge is 2.20. The number of carbonyl (C=O) groups is 3. The van der Waals surface area contributed by atoms with E-state index in [4.69, 9.17) is 29.3 Å². The maximum Gasteiger partial charge on any atom is 0.414 e. The Morgan fingerprint density at radius 3 is 2.19 bits per heavy atom. The summed E-state index contributed by atoms with van der Waals surface area (Å²) in [4.78, 5) is 29.7. The highest BCUT2D eigenvalue weighted by Crippen LogP contribution is 2.28. The van der Waals surface area contributed by atoms with E-state index in [9.17, 15) is 15.0 Å². The molecule has 1 aliphatic rings. The zero-order valence-electron chi connectivity index (χ0n) is 17.4. The molecule has 1 aliphatic carbocycles. The zero-order chi connectivity index (χ0) is 23.4. The second kappa shape index (κ2) is 13.4. The molecule has 0 aliphatic heterocycles. The smallest absolute Gasteiger partial charge is 0.414 e. The second-order valence-electron chi connectivity index (χ2n) is 6.85. The van der Waals surface area contributed by atoms with E-state index in [1.807, 2.05) is 0 Å². The minimum Gasteiger partial charge on any atom is -0.493 e. The monoisotopic (exact) mass is 443 g/mol. The number of ether oxygens (including phenoxy) is 3. The van der Waals surface area contributed by atoms with Crippen LogP contribution in [0.25, 0.3) is 0 Å². The Morgan fingerprint density at radius 2 is 1.68 bits per heavy atom. The van der Waals surface area contributed by atoms with E-state index < -0.39 is 24.0 Å². The number of carboxylic acids is 2. The molecule has 0 bridgehead atoms. The molecule has 0 saturated heterocycles. The Morgan fingerprint density at radius 1 is 1.06 bits per heavy atom. The fraction of sp³-hybridized carbons (Fsp3) is 0.550. The van der Waals surface area contributed by atoms with E-state index in [1.54, 1.807) is 18.2 Å². The van der Waals surface area contributed by atoms with Crippen molar-refractivity contribution in [2.24, 2.45) is 0 Å². The molecule has 5 N–H and O–H groups in total. The summed E-state index contributed by atoms with van der Waals surface area (Å²) in [6.45, 7) is 0.527. The number of hydrogen-bond donors (Lipinski definition) is 5. The van der Waals surface area contributed by atoms with Crippen LogP contribution >= 0.6 is 0 Å². The topological polar surface area (TPSA) is 172 Å². The molecule has 1 saturated carbocycles. The summed E-state index contributed by atoms with van der Waals surface area (Å²) in [6.07, 6.45) is 2.57. The molecule has 0 spiro atoms. The summed E-state index contributed by atoms with van der Waals surface area (Å²) in [7, 11) is 2.80. The first-order valence-electron chi connectivity index (χ1n) is 9.62. The molecule has 0 aromatic heterocycles. The Hall–Kier alpha value is -2.89. The normalized spacial score (nSPS) is 18.7. The lowest BCUT2D eigenvalue weighted by molar-refractivity contribution is -0.159. The summed E-state index contributed by atoms with van der Waals surface area (Å²) < 4.78 is 15.5. The average Bonchev–Trinajstić information content (AvgIpc) is 2.76. The minimum atomic E-state index is -1.82. The third-order valence-electron chi connectivity index (χ3n) is 4.54. The van der Waals surface area contributed by atoms with Gasteiger partial charge in [0.05, 0.1) is 25.9 Å². The van der Waals surface area contributed by atoms with Crippen LogP contribution in [0.15, 0.2) is 18.2 Å². The van der Waals surface area contributed by atoms with Crippen molar-refractivity contribution in [3.05, 3.63) is 23.8 Å². The molecule has 1 aromatic rings. The largest absolute Gasteiger partial charge is 0.493 e. The lowest BCUT2D eigenvalue weighted by Gasteiger charge is -2.27. The Bertz CT molecular complexity index is 719. The first-order chi connectivity index (χ1) is 14.7. The van der Waals surface area contributed by atoms with Crippen molar-refractivity contribution >= 4 is 17.9 Å². The summed E-state index contributed by atoms with van der Waals surface area (Å²) in [5.74, 6) is -3.24. The summed E-state index contributed by atoms with van der Waals surface area (Å²) in [5.41, 5.74) is 0.369. The number of rotatable bonds is 8. The fourth-order valence-electron chi connectivity index (χ4n) is 2.86. The van der Waals surface area contributed by atoms with Gasteiger partial charge in [0.2, 0.25) is 0 Å². The maximum absolute atomic E-state index is 11.5. The number of carboxylic acid groups (broad SMARTS) is 2. The van der Waals surface area contributed by atoms with Crippen molar-refractivity contribution in [3.63, 3.8) is 0 Å². The number of methoxy groups -OCH3 is 2. The lowest BCUT2D eigenvalue weighted by Crippen LogP contribution is -2.40. The van der Waals surface area contributed by atoms with Gasteiger partial charge in [0.25, 0.3) is 0 Å². The standard InChI is InChI=1S/C18H27NO6.C2H2O4/c1-23-17-9-12(18(22)24-2)3-8-16(17)25-11-15(21)10-19-13-4-6-14(20)7-5-13;3-1(4)2(5)6/h3,8-9,13-15,19-21H,4-7,10-11H2,1-2H3;(H,3,4)(H,5,6). The van der Waals surface area contributed by atoms with Gasteiger partial charge in [0.15, 0.2) is 11.5 Å². The van der Waals surface area contributed by atoms with Gasteiger partial charge < -0.3 is 40.0 Å². The summed E-state index contributed by atoms with van der Waals surface area (Å²) in [6, 6.07) is 5.07. The third kappa shape index (κ3) is 9.64. The Kier molecular flexibility index (Phi) is 11.3. The van der Waals surface area contributed by atoms with Crippen molar-refractivity contribution in [2.75, 3.05) is 27.4 Å². The van der Waals surface area contributed by atoms with Crippen LogP contribution in [0.1, 0.15) is 36.0 Å². The van der Waals surface area contributed by atoms with Crippen LogP contribution in [-0.2, 0) is 14.3 Å². The second-order valence-corrected chi connectivity index (χ2v) is 6.85. The first kappa shape index (κ1) is 26.1. The van der Waals surface area contributed by atoms with Gasteiger partial charge in [-0.05, 0) is 43.9 Å². The van der Waals surface area contributed by atoms with Crippen molar-refractivity contribution in [1.82, 2.24) is 5.32 Å². The van der Waals surface area contributed by atoms with E-state index >= 15 is 0 Å². The van der Waals surface area contributed by atoms with Crippen molar-refractivity contribution in [1.29, 1.82) is 0 Å². The van der Waals surface area contributed by atoms with Crippen molar-refractivity contribution < 1.29 is 49.0 Å². The van der Waals surface area contributed by atoms with Gasteiger partial charge >= 0.3 is 17.9 Å². The average molecular weight is 443 g/mol. The van der Waals surface area contributed by atoms with E-state index in [0.717, 1.165) is 25.7 Å². The number of carbonyl (C=O) groups excluding carboxylic acids is 1. The van der Waals surface area contributed by atoms with Gasteiger partial charge in [0.1, 0.15) is 12.7 Å². The van der Waals surface area contributed by atoms with Gasteiger partial charge in [-0.25, -0.2) is 14.4 Å². The van der Waals surface area contributed by atoms with Crippen molar-refractivity contribution in [3.8, 4) is 11.5 Å². The first-order valence-corrected chi connectivity index (χ1v) is 9.62. The molecule has 11 nitrogen and oxygen atoms in total. The molecule has 1 fully saturated rings. The van der Waals surface area contributed by atoms with Crippen LogP contribution in [0.3, 0.4) is 0 Å². The number of aliphatic hydroxyl groups is 2. The fourth-order valence-corrected chi connectivity index (χ4v) is 2.86. The number of nitrogens with one attached hydrogen (secondary N) is 1. The van der Waals surface area contributed by atoms with Crippen LogP contribution in [0.4, 0.5) is 0 Å². The van der Waals surface area contributed by atoms with Crippen LogP contribution in [-0.4, -0.2) is 84.0 Å². The number of aliphatic carboxylic acids is 2. The molecular weight excluding hydrogens is 414 g/mol. The predicted octanol–water partition coefficient (Wildman–Crippen LogP) is 0.270. The highest BCUT2D eigenvalue weighted by atomic mass is 16.5. The number of esters is 1. The molecule has 11 heteroatoms. The van der Waals surface area contributed by atoms with Crippen LogP contribution < -0.4 is 14.8 Å². The van der Waals surface area contributed by atoms with Crippen LogP contribution in [0, 0.1) is 0 Å². The molecule has 31 heavy (non-hydrogen) atoms. The van der Waals surface area contributed by atoms with Crippen LogP contribution in [0.5, 0.6) is 11.5 Å². The molecular formula is C20H29NO10. The number of hydrogen-bond acceptors (Lipinski definition) is 9. The molecule has 174 valence electrons. The highest BCUT2D eigenvalue weighted by molar-refractivity contribution is 6.27. The van der Waals surface area contributed by atoms with Gasteiger partial charge in [-0.2, -0.15) is 0 Å². The third-order valence-corrected chi connectivity index (χ3v) is 4.54. The quantitative estimate of drug-likeness (QED) is 0.276. The Balaban J connectivity index is 0.000000703. The number of aliphatic hydroxyl groups excluding tert-OH is 2. The van der Waals surface area contributed by atoms with Gasteiger partial charge in [-0.15, -0.1) is 0 Å². The SMILES string of the molecule is COC(=O)c1ccc(OCC(O)CNC2CCC(O)CC2)c(OC)c1.O=C(O)C(=O)O. The lowest BCUT2D eigenvalue weighted by atomic mass is 9.93. The van der Waals surface area contributed by atoms with E-state index in [2.05, 4.69) is 10.1 Å². The molecule has 1 aromatic carbocycles. The van der Waals surface area contributed by atoms with Gasteiger partial charge in [-0.3, -0.25) is 0 Å². The van der Waals surface area contributed by atoms with Gasteiger partial charge in [0, 0.05) is 12.6 Å².